The molecule has 5 nitrogen and oxygen atoms in total. The fourth-order valence-corrected chi connectivity index (χ4v) is 4.84. The van der Waals surface area contributed by atoms with Crippen LogP contribution in [-0.4, -0.2) is 40.8 Å². The third-order valence-electron chi connectivity index (χ3n) is 7.04. The van der Waals surface area contributed by atoms with Gasteiger partial charge in [-0.15, -0.1) is 0 Å². The normalized spacial score (nSPS) is 17.5. The topological polar surface area (TPSA) is 49.9 Å². The molecule has 2 fully saturated rings. The van der Waals surface area contributed by atoms with Crippen LogP contribution in [0.25, 0.3) is 0 Å². The summed E-state index contributed by atoms with van der Waals surface area (Å²) in [5.74, 6) is 0.600. The summed E-state index contributed by atoms with van der Waals surface area (Å²) in [4.78, 5) is 27.4. The van der Waals surface area contributed by atoms with Crippen molar-refractivity contribution in [1.82, 2.24) is 9.80 Å². The summed E-state index contributed by atoms with van der Waals surface area (Å²) in [6.45, 7) is 7.90. The Bertz CT molecular complexity index is 1020. The lowest BCUT2D eigenvalue weighted by Crippen LogP contribution is -2.41. The largest absolute Gasteiger partial charge is 0.491 e. The predicted octanol–water partition coefficient (Wildman–Crippen LogP) is 5.60. The number of carbonyl (C=O) groups excluding carboxylic acids is 2. The number of benzene rings is 2. The number of halogens is 1. The lowest BCUT2D eigenvalue weighted by Gasteiger charge is -2.42. The molecule has 1 aliphatic carbocycles. The zero-order chi connectivity index (χ0) is 23.5. The first-order valence-corrected chi connectivity index (χ1v) is 12.3. The first-order valence-electron chi connectivity index (χ1n) is 11.9. The van der Waals surface area contributed by atoms with Gasteiger partial charge in [0.15, 0.2) is 0 Å². The van der Waals surface area contributed by atoms with E-state index in [1.54, 1.807) is 0 Å². The summed E-state index contributed by atoms with van der Waals surface area (Å²) in [6, 6.07) is 13.6. The Labute approximate surface area is 201 Å². The van der Waals surface area contributed by atoms with E-state index in [1.807, 2.05) is 19.1 Å². The molecule has 0 spiro atoms. The van der Waals surface area contributed by atoms with Crippen LogP contribution in [0.1, 0.15) is 67.3 Å². The summed E-state index contributed by atoms with van der Waals surface area (Å²) >= 11 is 6.25. The highest BCUT2D eigenvalue weighted by Gasteiger charge is 2.30. The van der Waals surface area contributed by atoms with Crippen LogP contribution < -0.4 is 4.74 Å². The number of ether oxygens (including phenoxy) is 1. The highest BCUT2D eigenvalue weighted by molar-refractivity contribution is 6.31. The van der Waals surface area contributed by atoms with Crippen molar-refractivity contribution in [3.63, 3.8) is 0 Å². The highest BCUT2D eigenvalue weighted by atomic mass is 35.5. The maximum absolute atomic E-state index is 11.8. The molecule has 1 aliphatic heterocycles. The number of rotatable bonds is 9. The maximum Gasteiger partial charge on any atom is 0.229 e. The van der Waals surface area contributed by atoms with Gasteiger partial charge in [0.1, 0.15) is 12.4 Å². The van der Waals surface area contributed by atoms with Crippen LogP contribution in [0.5, 0.6) is 5.75 Å². The molecule has 176 valence electrons. The fourth-order valence-electron chi connectivity index (χ4n) is 4.72. The Balaban J connectivity index is 1.41. The molecule has 6 heteroatoms. The van der Waals surface area contributed by atoms with Gasteiger partial charge in [-0.25, -0.2) is 0 Å². The number of hydrogen-bond acceptors (Lipinski definition) is 4. The van der Waals surface area contributed by atoms with Gasteiger partial charge in [0.25, 0.3) is 0 Å². The summed E-state index contributed by atoms with van der Waals surface area (Å²) in [5, 5.41) is 0.811. The molecular formula is C27H33ClN2O3. The van der Waals surface area contributed by atoms with Gasteiger partial charge in [0.05, 0.1) is 6.54 Å². The minimum Gasteiger partial charge on any atom is -0.491 e. The molecule has 0 radical (unpaired) electrons. The Hall–Kier alpha value is -2.37. The second-order valence-electron chi connectivity index (χ2n) is 9.33. The molecule has 1 saturated carbocycles. The van der Waals surface area contributed by atoms with Crippen LogP contribution >= 0.6 is 11.6 Å². The molecule has 0 unspecified atom stereocenters. The summed E-state index contributed by atoms with van der Waals surface area (Å²) in [7, 11) is 0. The van der Waals surface area contributed by atoms with E-state index in [-0.39, 0.29) is 11.8 Å². The zero-order valence-corrected chi connectivity index (χ0v) is 20.5. The Morgan fingerprint density at radius 2 is 1.79 bits per heavy atom. The number of hydrogen-bond donors (Lipinski definition) is 0. The molecule has 0 aromatic heterocycles. The van der Waals surface area contributed by atoms with Gasteiger partial charge in [-0.05, 0) is 68.0 Å². The number of carbonyl (C=O) groups is 2. The monoisotopic (exact) mass is 468 g/mol. The molecule has 1 heterocycles. The van der Waals surface area contributed by atoms with Crippen LogP contribution in [0.4, 0.5) is 0 Å². The number of imide groups is 1. The van der Waals surface area contributed by atoms with Gasteiger partial charge < -0.3 is 4.74 Å². The van der Waals surface area contributed by atoms with Crippen molar-refractivity contribution in [1.29, 1.82) is 0 Å². The minimum atomic E-state index is -0.100. The molecule has 1 atom stereocenters. The quantitative estimate of drug-likeness (QED) is 0.449. The number of amides is 2. The van der Waals surface area contributed by atoms with Crippen molar-refractivity contribution < 1.29 is 14.3 Å². The Morgan fingerprint density at radius 3 is 2.39 bits per heavy atom. The van der Waals surface area contributed by atoms with Crippen molar-refractivity contribution in [2.24, 2.45) is 0 Å². The first-order chi connectivity index (χ1) is 15.8. The van der Waals surface area contributed by atoms with E-state index >= 15 is 0 Å². The molecule has 2 aliphatic rings. The predicted molar refractivity (Wildman–Crippen MR) is 130 cm³/mol. The minimum absolute atomic E-state index is 0.100. The van der Waals surface area contributed by atoms with Crippen LogP contribution in [0.15, 0.2) is 36.4 Å². The maximum atomic E-state index is 11.8. The molecule has 0 N–H and O–H groups in total. The van der Waals surface area contributed by atoms with Crippen molar-refractivity contribution in [2.45, 2.75) is 71.5 Å². The third-order valence-corrected chi connectivity index (χ3v) is 7.46. The van der Waals surface area contributed by atoms with E-state index in [0.717, 1.165) is 28.4 Å². The summed E-state index contributed by atoms with van der Waals surface area (Å²) in [6.07, 6.45) is 4.41. The fraction of sp³-hybridized carbons (Fsp3) is 0.481. The van der Waals surface area contributed by atoms with E-state index in [2.05, 4.69) is 43.0 Å². The van der Waals surface area contributed by atoms with Crippen LogP contribution in [-0.2, 0) is 16.1 Å². The van der Waals surface area contributed by atoms with E-state index in [1.165, 1.54) is 35.3 Å². The molecule has 2 aromatic rings. The van der Waals surface area contributed by atoms with E-state index < -0.39 is 0 Å². The van der Waals surface area contributed by atoms with Crippen molar-refractivity contribution in [3.05, 3.63) is 63.7 Å². The van der Waals surface area contributed by atoms with Crippen molar-refractivity contribution in [3.8, 4) is 5.75 Å². The average molecular weight is 469 g/mol. The Morgan fingerprint density at radius 1 is 1.06 bits per heavy atom. The number of likely N-dealkylation sites (tertiary alicyclic amines) is 1. The molecule has 1 saturated heterocycles. The molecule has 2 amide bonds. The standard InChI is InChI=1S/C27H33ClN2O3/c1-18-16-22(8-9-24(18)28)20(3)30(23-5-4-6-23)17-21-7-10-25(19(2)15-21)33-14-13-29-26(31)11-12-27(29)32/h7-10,15-16,20,23H,4-6,11-14,17H2,1-3H3/t20-/m1/s1. The van der Waals surface area contributed by atoms with Gasteiger partial charge in [0, 0.05) is 36.5 Å². The highest BCUT2D eigenvalue weighted by Crippen LogP contribution is 2.35. The van der Waals surface area contributed by atoms with Gasteiger partial charge in [-0.2, -0.15) is 0 Å². The van der Waals surface area contributed by atoms with Crippen molar-refractivity contribution in [2.75, 3.05) is 13.2 Å². The molecule has 33 heavy (non-hydrogen) atoms. The summed E-state index contributed by atoms with van der Waals surface area (Å²) < 4.78 is 5.90. The summed E-state index contributed by atoms with van der Waals surface area (Å²) in [5.41, 5.74) is 4.74. The number of nitrogens with zero attached hydrogens (tertiary/aromatic N) is 2. The molecule has 4 rings (SSSR count). The van der Waals surface area contributed by atoms with Crippen LogP contribution in [0.3, 0.4) is 0 Å². The second-order valence-corrected chi connectivity index (χ2v) is 9.74. The van der Waals surface area contributed by atoms with E-state index in [0.29, 0.717) is 38.1 Å². The molecular weight excluding hydrogens is 436 g/mol. The van der Waals surface area contributed by atoms with Crippen LogP contribution in [0, 0.1) is 13.8 Å². The van der Waals surface area contributed by atoms with Gasteiger partial charge in [-0.1, -0.05) is 42.3 Å². The lowest BCUT2D eigenvalue weighted by atomic mass is 9.88. The number of aryl methyl sites for hydroxylation is 2. The van der Waals surface area contributed by atoms with E-state index in [4.69, 9.17) is 16.3 Å². The second kappa shape index (κ2) is 10.3. The zero-order valence-electron chi connectivity index (χ0n) is 19.8. The van der Waals surface area contributed by atoms with Crippen molar-refractivity contribution >= 4 is 23.4 Å². The van der Waals surface area contributed by atoms with Gasteiger partial charge in [-0.3, -0.25) is 19.4 Å². The first kappa shape index (κ1) is 23.8. The van der Waals surface area contributed by atoms with Crippen LogP contribution in [0.2, 0.25) is 5.02 Å². The Kier molecular flexibility index (Phi) is 7.40. The smallest absolute Gasteiger partial charge is 0.229 e. The average Bonchev–Trinajstić information content (AvgIpc) is 3.07. The molecule has 2 aromatic carbocycles. The van der Waals surface area contributed by atoms with Gasteiger partial charge >= 0.3 is 0 Å². The lowest BCUT2D eigenvalue weighted by molar-refractivity contribution is -0.138. The van der Waals surface area contributed by atoms with E-state index in [9.17, 15) is 9.59 Å². The van der Waals surface area contributed by atoms with Gasteiger partial charge in [0.2, 0.25) is 11.8 Å². The SMILES string of the molecule is Cc1cc([C@@H](C)N(Cc2ccc(OCCN3C(=O)CCC3=O)c(C)c2)C2CCC2)ccc1Cl. The molecule has 0 bridgehead atoms. The third kappa shape index (κ3) is 5.42.